The van der Waals surface area contributed by atoms with Crippen molar-refractivity contribution in [2.24, 2.45) is 0 Å². The molecule has 1 aliphatic rings. The van der Waals surface area contributed by atoms with Crippen molar-refractivity contribution in [1.29, 1.82) is 0 Å². The summed E-state index contributed by atoms with van der Waals surface area (Å²) in [5, 5.41) is 0.637. The monoisotopic (exact) mass is 375 g/mol. The van der Waals surface area contributed by atoms with E-state index in [1.807, 2.05) is 48.2 Å². The van der Waals surface area contributed by atoms with E-state index in [2.05, 4.69) is 17.1 Å². The second kappa shape index (κ2) is 7.97. The Labute approximate surface area is 164 Å². The number of carbonyl (C=O) groups excluding carboxylic acids is 1. The number of nitrogens with zero attached hydrogens (tertiary/aromatic N) is 3. The minimum Gasteiger partial charge on any atom is -0.336 e. The number of amides is 1. The van der Waals surface area contributed by atoms with Crippen molar-refractivity contribution >= 4 is 16.8 Å². The highest BCUT2D eigenvalue weighted by Gasteiger charge is 2.29. The van der Waals surface area contributed by atoms with Gasteiger partial charge >= 0.3 is 0 Å². The number of fused-ring (bicyclic) bond motifs is 1. The van der Waals surface area contributed by atoms with Crippen LogP contribution in [0.5, 0.6) is 0 Å². The minimum atomic E-state index is -0.0375. The van der Waals surface area contributed by atoms with E-state index in [4.69, 9.17) is 0 Å². The molecule has 0 saturated carbocycles. The summed E-state index contributed by atoms with van der Waals surface area (Å²) in [6, 6.07) is 16.1. The highest BCUT2D eigenvalue weighted by Crippen LogP contribution is 2.32. The number of rotatable bonds is 5. The van der Waals surface area contributed by atoms with E-state index in [0.29, 0.717) is 24.8 Å². The Balaban J connectivity index is 1.41. The molecule has 1 amide bonds. The molecule has 144 valence electrons. The Morgan fingerprint density at radius 2 is 1.96 bits per heavy atom. The van der Waals surface area contributed by atoms with E-state index >= 15 is 0 Å². The zero-order chi connectivity index (χ0) is 19.5. The molecule has 0 spiro atoms. The molecule has 28 heavy (non-hydrogen) atoms. The van der Waals surface area contributed by atoms with Crippen LogP contribution in [0.3, 0.4) is 0 Å². The van der Waals surface area contributed by atoms with Crippen LogP contribution in [0, 0.1) is 6.92 Å². The van der Waals surface area contributed by atoms with Crippen LogP contribution in [0.2, 0.25) is 0 Å². The lowest BCUT2D eigenvalue weighted by molar-refractivity contribution is -0.132. The number of aromatic nitrogens is 2. The Bertz CT molecular complexity index is 1040. The van der Waals surface area contributed by atoms with E-state index < -0.39 is 0 Å². The van der Waals surface area contributed by atoms with Gasteiger partial charge in [-0.3, -0.25) is 14.2 Å². The normalized spacial score (nSPS) is 16.6. The van der Waals surface area contributed by atoms with Crippen molar-refractivity contribution in [2.45, 2.75) is 45.2 Å². The molecule has 1 fully saturated rings. The highest BCUT2D eigenvalue weighted by molar-refractivity contribution is 5.80. The zero-order valence-corrected chi connectivity index (χ0v) is 16.2. The van der Waals surface area contributed by atoms with Crippen LogP contribution < -0.4 is 5.56 Å². The van der Waals surface area contributed by atoms with Crippen molar-refractivity contribution in [2.75, 3.05) is 6.54 Å². The SMILES string of the molecule is Cc1cccc2c(=O)n(CCCC(=O)N3CCC[C@H]3c3ccccc3)cnc12. The minimum absolute atomic E-state index is 0.0375. The number of hydrogen-bond acceptors (Lipinski definition) is 3. The van der Waals surface area contributed by atoms with E-state index in [1.165, 1.54) is 5.56 Å². The molecule has 4 rings (SSSR count). The fraction of sp³-hybridized carbons (Fsp3) is 0.348. The van der Waals surface area contributed by atoms with Gasteiger partial charge in [0.05, 0.1) is 23.3 Å². The molecule has 0 bridgehead atoms. The van der Waals surface area contributed by atoms with Crippen molar-refractivity contribution < 1.29 is 4.79 Å². The van der Waals surface area contributed by atoms with E-state index in [1.54, 1.807) is 10.9 Å². The molecule has 1 aliphatic heterocycles. The smallest absolute Gasteiger partial charge is 0.261 e. The molecule has 0 unspecified atom stereocenters. The van der Waals surface area contributed by atoms with Crippen molar-refractivity contribution in [3.05, 3.63) is 76.3 Å². The summed E-state index contributed by atoms with van der Waals surface area (Å²) >= 11 is 0. The highest BCUT2D eigenvalue weighted by atomic mass is 16.2. The van der Waals surface area contributed by atoms with Crippen LogP contribution in [0.4, 0.5) is 0 Å². The number of benzene rings is 2. The lowest BCUT2D eigenvalue weighted by Gasteiger charge is -2.25. The molecule has 3 aromatic rings. The first kappa shape index (κ1) is 18.4. The first-order valence-corrected chi connectivity index (χ1v) is 9.94. The molecule has 5 nitrogen and oxygen atoms in total. The maximum absolute atomic E-state index is 12.8. The maximum atomic E-state index is 12.8. The largest absolute Gasteiger partial charge is 0.336 e. The summed E-state index contributed by atoms with van der Waals surface area (Å²) < 4.78 is 1.62. The third kappa shape index (κ3) is 3.57. The molecule has 1 aromatic heterocycles. The summed E-state index contributed by atoms with van der Waals surface area (Å²) in [5.41, 5.74) is 2.92. The van der Waals surface area contributed by atoms with Crippen molar-refractivity contribution in [1.82, 2.24) is 14.5 Å². The van der Waals surface area contributed by atoms with Gasteiger partial charge in [0.25, 0.3) is 5.56 Å². The summed E-state index contributed by atoms with van der Waals surface area (Å²) in [5.74, 6) is 0.170. The molecule has 2 heterocycles. The Hall–Kier alpha value is -2.95. The molecular weight excluding hydrogens is 350 g/mol. The van der Waals surface area contributed by atoms with Gasteiger partial charge in [-0.25, -0.2) is 4.98 Å². The van der Waals surface area contributed by atoms with E-state index in [-0.39, 0.29) is 17.5 Å². The maximum Gasteiger partial charge on any atom is 0.261 e. The zero-order valence-electron chi connectivity index (χ0n) is 16.2. The molecule has 2 aromatic carbocycles. The number of aryl methyl sites for hydroxylation is 2. The molecule has 0 radical (unpaired) electrons. The van der Waals surface area contributed by atoms with Crippen LogP contribution in [0.1, 0.15) is 42.9 Å². The van der Waals surface area contributed by atoms with Gasteiger partial charge in [0.2, 0.25) is 5.91 Å². The van der Waals surface area contributed by atoms with Gasteiger partial charge in [-0.2, -0.15) is 0 Å². The first-order chi connectivity index (χ1) is 13.6. The van der Waals surface area contributed by atoms with Crippen LogP contribution >= 0.6 is 0 Å². The summed E-state index contributed by atoms with van der Waals surface area (Å²) in [6.45, 7) is 3.28. The van der Waals surface area contributed by atoms with Gasteiger partial charge in [-0.05, 0) is 43.4 Å². The van der Waals surface area contributed by atoms with E-state index in [0.717, 1.165) is 30.5 Å². The summed E-state index contributed by atoms with van der Waals surface area (Å²) in [6.07, 6.45) is 4.74. The van der Waals surface area contributed by atoms with E-state index in [9.17, 15) is 9.59 Å². The quantitative estimate of drug-likeness (QED) is 0.681. The van der Waals surface area contributed by atoms with Gasteiger partial charge in [-0.1, -0.05) is 42.5 Å². The van der Waals surface area contributed by atoms with Crippen LogP contribution in [0.15, 0.2) is 59.7 Å². The number of hydrogen-bond donors (Lipinski definition) is 0. The topological polar surface area (TPSA) is 55.2 Å². The molecule has 0 N–H and O–H groups in total. The average Bonchev–Trinajstić information content (AvgIpc) is 3.21. The Kier molecular flexibility index (Phi) is 5.24. The predicted molar refractivity (Wildman–Crippen MR) is 110 cm³/mol. The lowest BCUT2D eigenvalue weighted by Crippen LogP contribution is -2.31. The lowest BCUT2D eigenvalue weighted by atomic mass is 10.0. The van der Waals surface area contributed by atoms with Gasteiger partial charge in [0.15, 0.2) is 0 Å². The first-order valence-electron chi connectivity index (χ1n) is 9.94. The van der Waals surface area contributed by atoms with Gasteiger partial charge in [0, 0.05) is 19.5 Å². The van der Waals surface area contributed by atoms with Crippen molar-refractivity contribution in [3.63, 3.8) is 0 Å². The summed E-state index contributed by atoms with van der Waals surface area (Å²) in [4.78, 5) is 31.9. The standard InChI is InChI=1S/C23H25N3O2/c1-17-8-5-11-19-22(17)24-16-25(23(19)28)14-7-13-21(27)26-15-6-12-20(26)18-9-3-2-4-10-18/h2-5,8-11,16,20H,6-7,12-15H2,1H3/t20-/m0/s1. The molecular formula is C23H25N3O2. The van der Waals surface area contributed by atoms with Gasteiger partial charge in [0.1, 0.15) is 0 Å². The average molecular weight is 375 g/mol. The molecule has 0 aliphatic carbocycles. The second-order valence-corrected chi connectivity index (χ2v) is 7.47. The Morgan fingerprint density at radius 3 is 2.79 bits per heavy atom. The molecule has 5 heteroatoms. The third-order valence-electron chi connectivity index (χ3n) is 5.60. The number of carbonyl (C=O) groups is 1. The Morgan fingerprint density at radius 1 is 1.14 bits per heavy atom. The van der Waals surface area contributed by atoms with Crippen molar-refractivity contribution in [3.8, 4) is 0 Å². The molecule has 1 saturated heterocycles. The fourth-order valence-corrected chi connectivity index (χ4v) is 4.13. The second-order valence-electron chi connectivity index (χ2n) is 7.47. The third-order valence-corrected chi connectivity index (χ3v) is 5.60. The fourth-order valence-electron chi connectivity index (χ4n) is 4.13. The predicted octanol–water partition coefficient (Wildman–Crippen LogP) is 3.85. The van der Waals surface area contributed by atoms with Crippen LogP contribution in [0.25, 0.3) is 10.9 Å². The van der Waals surface area contributed by atoms with Crippen LogP contribution in [-0.2, 0) is 11.3 Å². The molecule has 1 atom stereocenters. The summed E-state index contributed by atoms with van der Waals surface area (Å²) in [7, 11) is 0. The number of likely N-dealkylation sites (tertiary alicyclic amines) is 1. The van der Waals surface area contributed by atoms with Gasteiger partial charge < -0.3 is 4.90 Å². The van der Waals surface area contributed by atoms with Gasteiger partial charge in [-0.15, -0.1) is 0 Å². The number of para-hydroxylation sites is 1. The van der Waals surface area contributed by atoms with Crippen LogP contribution in [-0.4, -0.2) is 26.9 Å².